The number of carbonyl (C=O) groups is 2. The minimum atomic E-state index is -0.464. The normalized spacial score (nSPS) is 17.0. The molecule has 43 heavy (non-hydrogen) atoms. The van der Waals surface area contributed by atoms with Gasteiger partial charge >= 0.3 is 5.69 Å². The highest BCUT2D eigenvalue weighted by atomic mass is 35.5. The Kier molecular flexibility index (Phi) is 8.46. The first kappa shape index (κ1) is 30.1. The molecule has 4 heterocycles. The predicted octanol–water partition coefficient (Wildman–Crippen LogP) is 5.41. The minimum absolute atomic E-state index is 0.137. The molecule has 4 aromatic rings. The van der Waals surface area contributed by atoms with E-state index in [0.29, 0.717) is 51.8 Å². The van der Waals surface area contributed by atoms with Gasteiger partial charge in [-0.05, 0) is 56.0 Å². The molecular formula is C33H35ClN6O3. The van der Waals surface area contributed by atoms with Crippen molar-refractivity contribution in [3.05, 3.63) is 93.1 Å². The molecule has 0 spiro atoms. The lowest BCUT2D eigenvalue weighted by Crippen LogP contribution is -2.58. The molecule has 2 atom stereocenters. The standard InChI is InChI=1S/C33H35ClN6O3/c1-7-28(42)38-15-21(5)40(22(6)16-38)32-25-14-27(34)30(24-11-9-8-10-23(24)18-41)36-31(25)39(33(43)37-32)17-26-20(4)12-13-35-29(26)19(2)3/h7-14,18-19,21-22H,1,15-17H2,2-6H3/t21-,22-/m0/s1/i42+2. The van der Waals surface area contributed by atoms with E-state index in [1.165, 1.54) is 6.08 Å². The highest BCUT2D eigenvalue weighted by Gasteiger charge is 2.34. The van der Waals surface area contributed by atoms with Gasteiger partial charge in [0.1, 0.15) is 11.5 Å². The number of piperazine rings is 1. The lowest BCUT2D eigenvalue weighted by atomic mass is 9.99. The number of aldehydes is 1. The molecule has 0 radical (unpaired) electrons. The molecule has 1 amide bonds. The maximum absolute atomic E-state index is 14.0. The highest BCUT2D eigenvalue weighted by molar-refractivity contribution is 6.34. The fourth-order valence-electron chi connectivity index (χ4n) is 6.02. The maximum atomic E-state index is 14.0. The summed E-state index contributed by atoms with van der Waals surface area (Å²) in [6, 6.07) is 10.5. The van der Waals surface area contributed by atoms with Gasteiger partial charge in [0.15, 0.2) is 6.29 Å². The van der Waals surface area contributed by atoms with E-state index in [4.69, 9.17) is 16.6 Å². The summed E-state index contributed by atoms with van der Waals surface area (Å²) < 4.78 is 1.56. The van der Waals surface area contributed by atoms with E-state index in [2.05, 4.69) is 35.3 Å². The number of rotatable bonds is 7. The Labute approximate surface area is 255 Å². The van der Waals surface area contributed by atoms with Crippen molar-refractivity contribution in [2.24, 2.45) is 0 Å². The molecule has 0 unspecified atom stereocenters. The molecule has 1 fully saturated rings. The SMILES string of the molecule is C=CC(=[18O])N1C[C@H](C)N(c2nc(=O)n(Cc3c(C)ccnc3C(C)C)c3nc(-c4ccccc4C=O)c(Cl)cc23)[C@@H](C)C1. The lowest BCUT2D eigenvalue weighted by molar-refractivity contribution is -0.127. The summed E-state index contributed by atoms with van der Waals surface area (Å²) in [5.41, 5.74) is 4.18. The van der Waals surface area contributed by atoms with Gasteiger partial charge in [0.25, 0.3) is 0 Å². The first-order valence-corrected chi connectivity index (χ1v) is 14.7. The van der Waals surface area contributed by atoms with Crippen LogP contribution < -0.4 is 10.6 Å². The molecule has 1 saturated heterocycles. The third kappa shape index (κ3) is 5.57. The van der Waals surface area contributed by atoms with E-state index in [1.807, 2.05) is 32.9 Å². The van der Waals surface area contributed by atoms with Crippen molar-refractivity contribution in [1.29, 1.82) is 0 Å². The summed E-state index contributed by atoms with van der Waals surface area (Å²) in [4.78, 5) is 56.4. The largest absolute Gasteiger partial charge is 0.351 e. The van der Waals surface area contributed by atoms with E-state index in [-0.39, 0.29) is 30.5 Å². The summed E-state index contributed by atoms with van der Waals surface area (Å²) in [5, 5.41) is 0.933. The number of carbonyl (C=O) groups excluding carboxylic acids is 2. The summed E-state index contributed by atoms with van der Waals surface area (Å²) in [5.74, 6) is 0.457. The van der Waals surface area contributed by atoms with Crippen LogP contribution in [-0.4, -0.2) is 61.8 Å². The van der Waals surface area contributed by atoms with Gasteiger partial charge in [0.2, 0.25) is 5.91 Å². The quantitative estimate of drug-likeness (QED) is 0.159. The number of aromatic nitrogens is 4. The van der Waals surface area contributed by atoms with Gasteiger partial charge in [-0.3, -0.25) is 19.1 Å². The number of halogens is 1. The number of amides is 1. The second-order valence-electron chi connectivity index (χ2n) is 11.4. The zero-order valence-electron chi connectivity index (χ0n) is 25.0. The van der Waals surface area contributed by atoms with E-state index in [1.54, 1.807) is 39.9 Å². The molecule has 1 aromatic carbocycles. The third-order valence-electron chi connectivity index (χ3n) is 8.06. The molecule has 0 saturated carbocycles. The fourth-order valence-corrected chi connectivity index (χ4v) is 6.27. The predicted molar refractivity (Wildman–Crippen MR) is 170 cm³/mol. The van der Waals surface area contributed by atoms with Gasteiger partial charge < -0.3 is 9.80 Å². The van der Waals surface area contributed by atoms with Gasteiger partial charge in [-0.2, -0.15) is 4.98 Å². The van der Waals surface area contributed by atoms with Crippen molar-refractivity contribution in [3.63, 3.8) is 0 Å². The number of fused-ring (bicyclic) bond motifs is 1. The molecule has 0 N–H and O–H groups in total. The molecule has 0 bridgehead atoms. The van der Waals surface area contributed by atoms with Crippen LogP contribution in [0.25, 0.3) is 22.3 Å². The van der Waals surface area contributed by atoms with Crippen LogP contribution in [0.5, 0.6) is 0 Å². The Bertz CT molecular complexity index is 1790. The second kappa shape index (κ2) is 12.1. The molecule has 9 nitrogen and oxygen atoms in total. The van der Waals surface area contributed by atoms with Crippen molar-refractivity contribution < 1.29 is 9.59 Å². The number of benzene rings is 1. The number of hydrogen-bond acceptors (Lipinski definition) is 7. The highest BCUT2D eigenvalue weighted by Crippen LogP contribution is 2.36. The van der Waals surface area contributed by atoms with Gasteiger partial charge in [-0.1, -0.05) is 56.3 Å². The summed E-state index contributed by atoms with van der Waals surface area (Å²) in [6.07, 6.45) is 3.87. The number of hydrogen-bond donors (Lipinski definition) is 0. The minimum Gasteiger partial charge on any atom is -0.347 e. The molecule has 5 rings (SSSR count). The number of aryl methyl sites for hydroxylation is 1. The monoisotopic (exact) mass is 600 g/mol. The van der Waals surface area contributed by atoms with Crippen LogP contribution in [0, 0.1) is 6.92 Å². The number of pyridine rings is 2. The Morgan fingerprint density at radius 3 is 2.51 bits per heavy atom. The zero-order valence-corrected chi connectivity index (χ0v) is 25.8. The third-order valence-corrected chi connectivity index (χ3v) is 8.35. The zero-order chi connectivity index (χ0) is 31.0. The molecule has 1 aliphatic heterocycles. The van der Waals surface area contributed by atoms with Crippen LogP contribution in [0.4, 0.5) is 5.82 Å². The van der Waals surface area contributed by atoms with Gasteiger partial charge in [0.05, 0.1) is 22.6 Å². The van der Waals surface area contributed by atoms with E-state index in [9.17, 15) is 14.4 Å². The first-order chi connectivity index (χ1) is 20.5. The topological polar surface area (TPSA) is 101 Å². The fraction of sp³-hybridized carbons (Fsp3) is 0.333. The Hall–Kier alpha value is -4.37. The van der Waals surface area contributed by atoms with E-state index in [0.717, 1.165) is 23.1 Å². The van der Waals surface area contributed by atoms with Gasteiger partial charge in [-0.25, -0.2) is 9.78 Å². The van der Waals surface area contributed by atoms with Crippen molar-refractivity contribution in [1.82, 2.24) is 24.4 Å². The van der Waals surface area contributed by atoms with Crippen molar-refractivity contribution in [2.75, 3.05) is 18.0 Å². The molecule has 1 aliphatic rings. The van der Waals surface area contributed by atoms with Gasteiger partial charge in [0, 0.05) is 48.2 Å². The van der Waals surface area contributed by atoms with Crippen molar-refractivity contribution in [3.8, 4) is 11.3 Å². The van der Waals surface area contributed by atoms with Crippen LogP contribution in [-0.2, 0) is 11.3 Å². The van der Waals surface area contributed by atoms with Crippen LogP contribution in [0.15, 0.2) is 60.0 Å². The van der Waals surface area contributed by atoms with Crippen molar-refractivity contribution >= 4 is 40.6 Å². The summed E-state index contributed by atoms with van der Waals surface area (Å²) >= 11 is 6.89. The number of nitrogens with zero attached hydrogens (tertiary/aromatic N) is 6. The Balaban J connectivity index is 1.77. The molecule has 0 aliphatic carbocycles. The van der Waals surface area contributed by atoms with Crippen LogP contribution in [0.2, 0.25) is 5.02 Å². The van der Waals surface area contributed by atoms with Crippen LogP contribution >= 0.6 is 11.6 Å². The van der Waals surface area contributed by atoms with Crippen LogP contribution in [0.3, 0.4) is 0 Å². The Morgan fingerprint density at radius 1 is 1.16 bits per heavy atom. The Morgan fingerprint density at radius 2 is 1.86 bits per heavy atom. The molecular weight excluding hydrogens is 566 g/mol. The van der Waals surface area contributed by atoms with E-state index < -0.39 is 5.69 Å². The average molecular weight is 601 g/mol. The van der Waals surface area contributed by atoms with Gasteiger partial charge in [-0.15, -0.1) is 0 Å². The molecule has 10 heteroatoms. The molecule has 222 valence electrons. The average Bonchev–Trinajstić information content (AvgIpc) is 2.98. The second-order valence-corrected chi connectivity index (χ2v) is 11.8. The lowest BCUT2D eigenvalue weighted by Gasteiger charge is -2.45. The molecule has 3 aromatic heterocycles. The summed E-state index contributed by atoms with van der Waals surface area (Å²) in [6.45, 7) is 14.9. The first-order valence-electron chi connectivity index (χ1n) is 14.3. The van der Waals surface area contributed by atoms with Crippen molar-refractivity contribution in [2.45, 2.75) is 59.2 Å². The maximum Gasteiger partial charge on any atom is 0.351 e. The smallest absolute Gasteiger partial charge is 0.347 e. The van der Waals surface area contributed by atoms with Crippen LogP contribution in [0.1, 0.15) is 60.8 Å². The van der Waals surface area contributed by atoms with E-state index >= 15 is 0 Å². The number of anilines is 1. The summed E-state index contributed by atoms with van der Waals surface area (Å²) in [7, 11) is 0.